The van der Waals surface area contributed by atoms with Crippen LogP contribution in [0.15, 0.2) is 23.3 Å². The Hall–Kier alpha value is -1.38. The van der Waals surface area contributed by atoms with Gasteiger partial charge in [0, 0.05) is 30.2 Å². The van der Waals surface area contributed by atoms with Crippen molar-refractivity contribution in [3.05, 3.63) is 23.3 Å². The van der Waals surface area contributed by atoms with Crippen LogP contribution in [0, 0.1) is 22.7 Å². The number of carbonyl (C=O) groups excluding carboxylic acids is 2. The minimum atomic E-state index is 0.0320. The van der Waals surface area contributed by atoms with E-state index in [1.807, 2.05) is 0 Å². The van der Waals surface area contributed by atoms with E-state index in [2.05, 4.69) is 31.3 Å². The fourth-order valence-corrected chi connectivity index (χ4v) is 7.25. The molecule has 25 heavy (non-hydrogen) atoms. The molecule has 0 aromatic rings. The summed E-state index contributed by atoms with van der Waals surface area (Å²) in [4.78, 5) is 24.0. The SMILES string of the molecule is C[C@]12CCC(=O)CC1=CCC1C2=CC[C@@]2(C)C1CC[C@@]21CCC(=O)N1. The van der Waals surface area contributed by atoms with Gasteiger partial charge >= 0.3 is 0 Å². The predicted molar refractivity (Wildman–Crippen MR) is 96.8 cm³/mol. The first-order valence-electron chi connectivity index (χ1n) is 10.1. The highest BCUT2D eigenvalue weighted by atomic mass is 16.2. The Morgan fingerprint density at radius 3 is 2.68 bits per heavy atom. The van der Waals surface area contributed by atoms with Crippen LogP contribution in [-0.4, -0.2) is 17.2 Å². The topological polar surface area (TPSA) is 46.2 Å². The van der Waals surface area contributed by atoms with Crippen molar-refractivity contribution in [3.8, 4) is 0 Å². The number of ketones is 1. The number of nitrogens with one attached hydrogen (secondary N) is 1. The third-order valence-electron chi connectivity index (χ3n) is 8.84. The third kappa shape index (κ3) is 1.88. The van der Waals surface area contributed by atoms with Gasteiger partial charge in [0.15, 0.2) is 0 Å². The number of allylic oxidation sites excluding steroid dienone is 4. The van der Waals surface area contributed by atoms with E-state index in [0.29, 0.717) is 30.5 Å². The van der Waals surface area contributed by atoms with Gasteiger partial charge in [-0.3, -0.25) is 9.59 Å². The van der Waals surface area contributed by atoms with Crippen molar-refractivity contribution >= 4 is 11.7 Å². The molecule has 1 saturated heterocycles. The van der Waals surface area contributed by atoms with Gasteiger partial charge in [0.2, 0.25) is 5.91 Å². The van der Waals surface area contributed by atoms with E-state index < -0.39 is 0 Å². The molecule has 5 rings (SSSR count). The highest BCUT2D eigenvalue weighted by molar-refractivity contribution is 5.83. The average Bonchev–Trinajstić information content (AvgIpc) is 3.10. The number of hydrogen-bond donors (Lipinski definition) is 1. The van der Waals surface area contributed by atoms with Crippen molar-refractivity contribution in [1.29, 1.82) is 0 Å². The maximum absolute atomic E-state index is 12.0. The Balaban J connectivity index is 1.54. The number of hydrogen-bond acceptors (Lipinski definition) is 2. The third-order valence-corrected chi connectivity index (χ3v) is 8.84. The van der Waals surface area contributed by atoms with E-state index in [-0.39, 0.29) is 22.3 Å². The Morgan fingerprint density at radius 1 is 1.08 bits per heavy atom. The zero-order valence-electron chi connectivity index (χ0n) is 15.5. The minimum absolute atomic E-state index is 0.0320. The molecule has 5 atom stereocenters. The highest BCUT2D eigenvalue weighted by Crippen LogP contribution is 2.66. The largest absolute Gasteiger partial charge is 0.350 e. The van der Waals surface area contributed by atoms with Gasteiger partial charge in [-0.05, 0) is 55.8 Å². The van der Waals surface area contributed by atoms with Crippen molar-refractivity contribution in [1.82, 2.24) is 5.32 Å². The summed E-state index contributed by atoms with van der Waals surface area (Å²) in [7, 11) is 0. The summed E-state index contributed by atoms with van der Waals surface area (Å²) in [5, 5.41) is 3.41. The number of amides is 1. The van der Waals surface area contributed by atoms with Gasteiger partial charge in [-0.25, -0.2) is 0 Å². The molecule has 0 bridgehead atoms. The summed E-state index contributed by atoms with van der Waals surface area (Å²) in [6, 6.07) is 0. The summed E-state index contributed by atoms with van der Waals surface area (Å²) in [5.74, 6) is 1.94. The lowest BCUT2D eigenvalue weighted by atomic mass is 9.51. The summed E-state index contributed by atoms with van der Waals surface area (Å²) in [6.45, 7) is 4.82. The van der Waals surface area contributed by atoms with Gasteiger partial charge in [0.1, 0.15) is 5.78 Å². The molecular weight excluding hydrogens is 310 g/mol. The second-order valence-electron chi connectivity index (χ2n) is 9.68. The predicted octanol–water partition coefficient (Wildman–Crippen LogP) is 4.09. The van der Waals surface area contributed by atoms with Crippen LogP contribution in [0.1, 0.15) is 71.6 Å². The lowest BCUT2D eigenvalue weighted by Crippen LogP contribution is -2.55. The van der Waals surface area contributed by atoms with Crippen LogP contribution in [0.25, 0.3) is 0 Å². The number of carbonyl (C=O) groups is 2. The summed E-state index contributed by atoms with van der Waals surface area (Å²) < 4.78 is 0. The molecule has 1 heterocycles. The van der Waals surface area contributed by atoms with Crippen molar-refractivity contribution < 1.29 is 9.59 Å². The van der Waals surface area contributed by atoms with Crippen LogP contribution in [0.2, 0.25) is 0 Å². The van der Waals surface area contributed by atoms with Crippen LogP contribution in [0.3, 0.4) is 0 Å². The maximum Gasteiger partial charge on any atom is 0.220 e. The number of fused-ring (bicyclic) bond motifs is 6. The van der Waals surface area contributed by atoms with Crippen molar-refractivity contribution in [3.63, 3.8) is 0 Å². The monoisotopic (exact) mass is 339 g/mol. The van der Waals surface area contributed by atoms with Crippen molar-refractivity contribution in [2.24, 2.45) is 22.7 Å². The van der Waals surface area contributed by atoms with Crippen LogP contribution in [-0.2, 0) is 9.59 Å². The Bertz CT molecular complexity index is 734. The standard InChI is InChI=1S/C22H29NO2/c1-20-9-5-15(24)13-14(20)3-4-16-17(20)6-10-21(2)18(16)7-11-22(21)12-8-19(25)23-22/h3,6,16,18H,4-5,7-13H2,1-2H3,(H,23,25)/t16?,18?,20-,21-,22+/m0/s1. The van der Waals surface area contributed by atoms with Crippen molar-refractivity contribution in [2.75, 3.05) is 0 Å². The Kier molecular flexibility index (Phi) is 3.08. The second kappa shape index (κ2) is 4.86. The zero-order chi connectivity index (χ0) is 17.4. The smallest absolute Gasteiger partial charge is 0.220 e. The van der Waals surface area contributed by atoms with Gasteiger partial charge in [0.05, 0.1) is 0 Å². The molecular formula is C22H29NO2. The molecule has 3 fully saturated rings. The molecule has 1 spiro atoms. The summed E-state index contributed by atoms with van der Waals surface area (Å²) in [5.41, 5.74) is 3.36. The fraction of sp³-hybridized carbons (Fsp3) is 0.727. The minimum Gasteiger partial charge on any atom is -0.350 e. The quantitative estimate of drug-likeness (QED) is 0.676. The normalized spacial score (nSPS) is 48.4. The molecule has 0 aromatic carbocycles. The fourth-order valence-electron chi connectivity index (χ4n) is 7.25. The molecule has 1 amide bonds. The lowest BCUT2D eigenvalue weighted by molar-refractivity contribution is -0.121. The van der Waals surface area contributed by atoms with E-state index in [1.54, 1.807) is 5.57 Å². The van der Waals surface area contributed by atoms with Crippen LogP contribution >= 0.6 is 0 Å². The molecule has 1 aliphatic heterocycles. The molecule has 2 saturated carbocycles. The van der Waals surface area contributed by atoms with E-state index >= 15 is 0 Å². The maximum atomic E-state index is 12.0. The number of rotatable bonds is 0. The lowest BCUT2D eigenvalue weighted by Gasteiger charge is -2.54. The molecule has 3 nitrogen and oxygen atoms in total. The Morgan fingerprint density at radius 2 is 1.92 bits per heavy atom. The van der Waals surface area contributed by atoms with Gasteiger partial charge < -0.3 is 5.32 Å². The molecule has 4 aliphatic carbocycles. The molecule has 1 N–H and O–H groups in total. The van der Waals surface area contributed by atoms with Gasteiger partial charge in [0.25, 0.3) is 0 Å². The first kappa shape index (κ1) is 15.8. The summed E-state index contributed by atoms with van der Waals surface area (Å²) >= 11 is 0. The first-order valence-corrected chi connectivity index (χ1v) is 10.1. The molecule has 5 aliphatic rings. The second-order valence-corrected chi connectivity index (χ2v) is 9.68. The van der Waals surface area contributed by atoms with Crippen molar-refractivity contribution in [2.45, 2.75) is 77.2 Å². The van der Waals surface area contributed by atoms with E-state index in [1.165, 1.54) is 12.0 Å². The van der Waals surface area contributed by atoms with Crippen LogP contribution < -0.4 is 5.32 Å². The van der Waals surface area contributed by atoms with E-state index in [4.69, 9.17) is 0 Å². The average molecular weight is 339 g/mol. The number of Topliss-reactive ketones (excluding diaryl/α,β-unsaturated/α-hetero) is 1. The van der Waals surface area contributed by atoms with E-state index in [9.17, 15) is 9.59 Å². The first-order chi connectivity index (χ1) is 11.9. The van der Waals surface area contributed by atoms with Crippen LogP contribution in [0.4, 0.5) is 0 Å². The molecule has 134 valence electrons. The van der Waals surface area contributed by atoms with Crippen LogP contribution in [0.5, 0.6) is 0 Å². The highest BCUT2D eigenvalue weighted by Gasteiger charge is 2.63. The molecule has 3 heteroatoms. The van der Waals surface area contributed by atoms with Gasteiger partial charge in [-0.1, -0.05) is 37.1 Å². The van der Waals surface area contributed by atoms with Gasteiger partial charge in [-0.15, -0.1) is 0 Å². The molecule has 0 radical (unpaired) electrons. The van der Waals surface area contributed by atoms with E-state index in [0.717, 1.165) is 38.5 Å². The van der Waals surface area contributed by atoms with Gasteiger partial charge in [-0.2, -0.15) is 0 Å². The molecule has 0 aromatic heterocycles. The molecule has 2 unspecified atom stereocenters. The zero-order valence-corrected chi connectivity index (χ0v) is 15.5. The summed E-state index contributed by atoms with van der Waals surface area (Å²) in [6.07, 6.45) is 13.6. The Labute approximate surface area is 150 Å².